The van der Waals surface area contributed by atoms with Gasteiger partial charge in [0.25, 0.3) is 0 Å². The molecule has 8 aromatic carbocycles. The van der Waals surface area contributed by atoms with E-state index in [2.05, 4.69) is 162 Å². The molecule has 3 nitrogen and oxygen atoms in total. The molecule has 3 heterocycles. The first-order valence-electron chi connectivity index (χ1n) is 29.9. The smallest absolute Gasteiger partial charge is 0.0995 e. The molecule has 23 rings (SSSR count). The Labute approximate surface area is 452 Å². The first-order valence-corrected chi connectivity index (χ1v) is 29.9. The fourth-order valence-electron chi connectivity index (χ4n) is 22.7. The third kappa shape index (κ3) is 4.04. The van der Waals surface area contributed by atoms with Crippen LogP contribution in [-0.2, 0) is 10.8 Å². The van der Waals surface area contributed by atoms with Crippen LogP contribution >= 0.6 is 0 Å². The van der Waals surface area contributed by atoms with Gasteiger partial charge in [-0.05, 0) is 241 Å². The number of nitrogens with zero attached hydrogens (tertiary/aromatic N) is 3. The molecule has 3 aromatic heterocycles. The number of pyridine rings is 1. The van der Waals surface area contributed by atoms with Crippen LogP contribution in [0.3, 0.4) is 0 Å². The number of rotatable bonds is 0. The van der Waals surface area contributed by atoms with E-state index < -0.39 is 10.8 Å². The number of hydrogen-bond donors (Lipinski definition) is 0. The standard InChI is InChI=1S/C75H53N3/c76-35-43-28-62-68(65-40-24-37-21-38(25-40)23-39(22-37)64(43)65)69-70-53(30-54-67-63(78(62)72(54)69)36-77-71-42-27-45-29-44-26-41(66(67)71)33-73(44,45)34-42)52-32-60-51(31-61(52)75(70)58-19-9-3-13-48(58)49-14-4-10-20-59(49)75)50-15-5-8-18-57(50)74(60)55-16-6-1-11-46(55)47-12-2-7-17-56(47)74/h1-20,28,30-32,36-42,44-45H,21-27,29,33-34H2. The first-order chi connectivity index (χ1) is 38.6. The lowest BCUT2D eigenvalue weighted by molar-refractivity contribution is 0.00321. The van der Waals surface area contributed by atoms with Gasteiger partial charge in [0.05, 0.1) is 45.2 Å². The molecule has 0 aliphatic heterocycles. The molecule has 0 N–H and O–H groups in total. The number of nitriles is 1. The van der Waals surface area contributed by atoms with E-state index in [1.807, 2.05) is 0 Å². The minimum absolute atomic E-state index is 0.435. The molecule has 78 heavy (non-hydrogen) atoms. The van der Waals surface area contributed by atoms with Gasteiger partial charge in [0.2, 0.25) is 0 Å². The highest BCUT2D eigenvalue weighted by molar-refractivity contribution is 6.29. The average Bonchev–Trinajstić information content (AvgIpc) is 4.51. The van der Waals surface area contributed by atoms with Crippen LogP contribution in [0.25, 0.3) is 82.6 Å². The van der Waals surface area contributed by atoms with Crippen molar-refractivity contribution in [1.29, 1.82) is 5.26 Å². The van der Waals surface area contributed by atoms with Crippen LogP contribution in [0.2, 0.25) is 0 Å². The summed E-state index contributed by atoms with van der Waals surface area (Å²) >= 11 is 0. The lowest BCUT2D eigenvalue weighted by Crippen LogP contribution is -2.41. The van der Waals surface area contributed by atoms with Gasteiger partial charge in [-0.3, -0.25) is 4.98 Å². The van der Waals surface area contributed by atoms with E-state index in [4.69, 9.17) is 4.98 Å². The minimum Gasteiger partial charge on any atom is -0.306 e. The van der Waals surface area contributed by atoms with E-state index in [9.17, 15) is 5.26 Å². The fraction of sp³-hybridized carbons (Fsp3) is 0.280. The van der Waals surface area contributed by atoms with E-state index in [1.54, 1.807) is 11.1 Å². The molecule has 3 spiro atoms. The summed E-state index contributed by atoms with van der Waals surface area (Å²) in [6.07, 6.45) is 15.4. The predicted octanol–water partition coefficient (Wildman–Crippen LogP) is 17.6. The Morgan fingerprint density at radius 1 is 0.436 bits per heavy atom. The molecule has 5 fully saturated rings. The molecule has 0 saturated heterocycles. The van der Waals surface area contributed by atoms with Crippen LogP contribution in [0.1, 0.15) is 160 Å². The zero-order valence-corrected chi connectivity index (χ0v) is 43.5. The summed E-state index contributed by atoms with van der Waals surface area (Å²) in [7, 11) is 0. The summed E-state index contributed by atoms with van der Waals surface area (Å²) in [6.45, 7) is 0. The summed E-state index contributed by atoms with van der Waals surface area (Å²) in [6, 6.07) is 60.7. The van der Waals surface area contributed by atoms with Gasteiger partial charge in [0.15, 0.2) is 0 Å². The lowest BCUT2D eigenvalue weighted by Gasteiger charge is -2.48. The Hall–Kier alpha value is -7.80. The van der Waals surface area contributed by atoms with Gasteiger partial charge >= 0.3 is 0 Å². The average molecular weight is 996 g/mol. The Kier molecular flexibility index (Phi) is 6.66. The van der Waals surface area contributed by atoms with E-state index >= 15 is 0 Å². The van der Waals surface area contributed by atoms with Crippen molar-refractivity contribution in [2.24, 2.45) is 29.1 Å². The Balaban J connectivity index is 0.973. The zero-order chi connectivity index (χ0) is 50.0. The van der Waals surface area contributed by atoms with Crippen molar-refractivity contribution in [3.8, 4) is 50.6 Å². The van der Waals surface area contributed by atoms with E-state index in [-0.39, 0.29) is 0 Å². The van der Waals surface area contributed by atoms with Crippen LogP contribution in [0, 0.1) is 40.4 Å². The molecule has 5 saturated carbocycles. The topological polar surface area (TPSA) is 41.1 Å². The monoisotopic (exact) mass is 995 g/mol. The maximum Gasteiger partial charge on any atom is 0.0995 e. The number of aromatic nitrogens is 2. The van der Waals surface area contributed by atoms with Crippen molar-refractivity contribution in [2.75, 3.05) is 0 Å². The molecule has 11 aromatic rings. The normalized spacial score (nSPS) is 28.5. The molecule has 0 amide bonds. The Morgan fingerprint density at radius 3 is 1.58 bits per heavy atom. The van der Waals surface area contributed by atoms with Crippen molar-refractivity contribution in [3.63, 3.8) is 0 Å². The largest absolute Gasteiger partial charge is 0.306 e. The van der Waals surface area contributed by atoms with Gasteiger partial charge in [0.1, 0.15) is 0 Å². The second kappa shape index (κ2) is 12.9. The van der Waals surface area contributed by atoms with Gasteiger partial charge in [-0.2, -0.15) is 5.26 Å². The summed E-state index contributed by atoms with van der Waals surface area (Å²) in [5.74, 6) is 5.17. The van der Waals surface area contributed by atoms with Crippen molar-refractivity contribution in [2.45, 2.75) is 98.7 Å². The highest BCUT2D eigenvalue weighted by Crippen LogP contribution is 2.77. The zero-order valence-electron chi connectivity index (χ0n) is 43.5. The van der Waals surface area contributed by atoms with Crippen molar-refractivity contribution in [3.05, 3.63) is 224 Å². The maximum atomic E-state index is 11.6. The fourth-order valence-corrected chi connectivity index (χ4v) is 22.7. The third-order valence-corrected chi connectivity index (χ3v) is 24.7. The lowest BCUT2D eigenvalue weighted by atomic mass is 9.56. The molecule has 7 unspecified atom stereocenters. The molecule has 12 aliphatic rings. The molecular formula is C75H53N3. The maximum absolute atomic E-state index is 11.6. The molecule has 7 bridgehead atoms. The van der Waals surface area contributed by atoms with Gasteiger partial charge < -0.3 is 4.40 Å². The molecule has 12 aliphatic carbocycles. The van der Waals surface area contributed by atoms with Crippen LogP contribution < -0.4 is 0 Å². The molecule has 3 heteroatoms. The molecule has 7 atom stereocenters. The number of hydrogen-bond acceptors (Lipinski definition) is 2. The predicted molar refractivity (Wildman–Crippen MR) is 310 cm³/mol. The second-order valence-corrected chi connectivity index (χ2v) is 27.1. The van der Waals surface area contributed by atoms with Crippen molar-refractivity contribution in [1.82, 2.24) is 9.38 Å². The highest BCUT2D eigenvalue weighted by Gasteiger charge is 2.66. The molecular weight excluding hydrogens is 943 g/mol. The van der Waals surface area contributed by atoms with Gasteiger partial charge in [-0.15, -0.1) is 0 Å². The van der Waals surface area contributed by atoms with Crippen LogP contribution in [0.5, 0.6) is 0 Å². The van der Waals surface area contributed by atoms with Gasteiger partial charge in [-0.25, -0.2) is 0 Å². The summed E-state index contributed by atoms with van der Waals surface area (Å²) < 4.78 is 2.72. The van der Waals surface area contributed by atoms with Crippen molar-refractivity contribution >= 4 is 38.1 Å². The van der Waals surface area contributed by atoms with Crippen LogP contribution in [-0.4, -0.2) is 9.38 Å². The van der Waals surface area contributed by atoms with E-state index in [0.717, 1.165) is 29.2 Å². The van der Waals surface area contributed by atoms with E-state index in [1.165, 1.54) is 203 Å². The van der Waals surface area contributed by atoms with E-state index in [0.29, 0.717) is 29.1 Å². The summed E-state index contributed by atoms with van der Waals surface area (Å²) in [5, 5.41) is 17.4. The highest BCUT2D eigenvalue weighted by atomic mass is 14.9. The first kappa shape index (κ1) is 40.4. The van der Waals surface area contributed by atoms with Crippen molar-refractivity contribution < 1.29 is 0 Å². The van der Waals surface area contributed by atoms with Gasteiger partial charge in [-0.1, -0.05) is 121 Å². The Morgan fingerprint density at radius 2 is 0.962 bits per heavy atom. The van der Waals surface area contributed by atoms with Crippen LogP contribution in [0.4, 0.5) is 0 Å². The summed E-state index contributed by atoms with van der Waals surface area (Å²) in [5.41, 5.74) is 32.4. The van der Waals surface area contributed by atoms with Crippen LogP contribution in [0.15, 0.2) is 152 Å². The third-order valence-electron chi connectivity index (χ3n) is 24.7. The molecule has 368 valence electrons. The minimum atomic E-state index is -0.606. The van der Waals surface area contributed by atoms with Gasteiger partial charge in [0, 0.05) is 33.2 Å². The Bertz CT molecular complexity index is 4700. The SMILES string of the molecule is N#Cc1cc2c(c3c1C1CC4CC(C1)CC3C4)c1c3c(cc4c5c6c(ncc5n2c41)C1CC2CC4CC6CC24C1)-c1cc2c(cc1C31c3ccccc3-c3ccccc31)-c1ccccc1C21c2ccccc2-c2ccccc21. The molecule has 0 radical (unpaired) electrons. The number of benzene rings is 8. The second-order valence-electron chi connectivity index (χ2n) is 27.1. The number of fused-ring (bicyclic) bond motifs is 33. The quantitative estimate of drug-likeness (QED) is 0.152. The summed E-state index contributed by atoms with van der Waals surface area (Å²) in [4.78, 5) is 5.76.